The second kappa shape index (κ2) is 7.28. The zero-order chi connectivity index (χ0) is 19.8. The first-order valence-corrected chi connectivity index (χ1v) is 9.96. The Morgan fingerprint density at radius 3 is 1.69 bits per heavy atom. The summed E-state index contributed by atoms with van der Waals surface area (Å²) in [5.74, 6) is 0.678. The highest BCUT2D eigenvalue weighted by Gasteiger charge is 2.41. The van der Waals surface area contributed by atoms with E-state index in [0.29, 0.717) is 38.1 Å². The average Bonchev–Trinajstić information content (AvgIpc) is 3.40. The smallest absolute Gasteiger partial charge is 0.216 e. The Morgan fingerprint density at radius 2 is 1.21 bits per heavy atom. The maximum absolute atomic E-state index is 6.10. The minimum absolute atomic E-state index is 0.199. The Hall–Kier alpha value is -2.70. The zero-order valence-corrected chi connectivity index (χ0v) is 16.6. The summed E-state index contributed by atoms with van der Waals surface area (Å²) in [6, 6.07) is 16.2. The normalized spacial score (nSPS) is 27.0. The quantitative estimate of drug-likeness (QED) is 0.800. The van der Waals surface area contributed by atoms with E-state index in [1.807, 2.05) is 50.2 Å². The first-order valence-electron chi connectivity index (χ1n) is 9.96. The van der Waals surface area contributed by atoms with Crippen LogP contribution in [0.15, 0.2) is 58.5 Å². The van der Waals surface area contributed by atoms with Gasteiger partial charge in [-0.2, -0.15) is 0 Å². The number of rotatable bonds is 4. The second-order valence-electron chi connectivity index (χ2n) is 7.90. The van der Waals surface area contributed by atoms with Crippen molar-refractivity contribution in [3.63, 3.8) is 0 Å². The molecule has 0 aromatic heterocycles. The van der Waals surface area contributed by atoms with Crippen LogP contribution in [0.5, 0.6) is 0 Å². The van der Waals surface area contributed by atoms with E-state index in [-0.39, 0.29) is 12.2 Å². The van der Waals surface area contributed by atoms with Crippen LogP contribution in [0.1, 0.15) is 36.1 Å². The Kier molecular flexibility index (Phi) is 4.60. The molecule has 0 N–H and O–H groups in total. The lowest BCUT2D eigenvalue weighted by Crippen LogP contribution is -2.29. The van der Waals surface area contributed by atoms with Gasteiger partial charge in [0.15, 0.2) is 5.79 Å². The first-order chi connectivity index (χ1) is 14.1. The lowest BCUT2D eigenvalue weighted by atomic mass is 10.1. The van der Waals surface area contributed by atoms with Crippen LogP contribution in [0.2, 0.25) is 0 Å². The SMILES string of the molecule is CC1(C)O[C@@H](CN=C2OCc3ccccc32)[C@H](CN=C2OCc3ccccc32)O1. The third kappa shape index (κ3) is 3.66. The molecule has 3 heterocycles. The fourth-order valence-corrected chi connectivity index (χ4v) is 3.98. The molecule has 0 spiro atoms. The lowest BCUT2D eigenvalue weighted by molar-refractivity contribution is -0.144. The number of hydrogen-bond donors (Lipinski definition) is 0. The van der Waals surface area contributed by atoms with E-state index in [4.69, 9.17) is 18.9 Å². The molecule has 2 atom stereocenters. The Bertz CT molecular complexity index is 905. The molecule has 150 valence electrons. The van der Waals surface area contributed by atoms with E-state index in [2.05, 4.69) is 22.1 Å². The van der Waals surface area contributed by atoms with Crippen LogP contribution >= 0.6 is 0 Å². The van der Waals surface area contributed by atoms with E-state index < -0.39 is 5.79 Å². The molecule has 1 saturated heterocycles. The van der Waals surface area contributed by atoms with Crippen molar-refractivity contribution in [3.8, 4) is 0 Å². The molecular weight excluding hydrogens is 368 g/mol. The van der Waals surface area contributed by atoms with Crippen molar-refractivity contribution in [2.24, 2.45) is 9.98 Å². The molecule has 29 heavy (non-hydrogen) atoms. The number of nitrogens with zero attached hydrogens (tertiary/aromatic N) is 2. The van der Waals surface area contributed by atoms with Crippen LogP contribution in [-0.4, -0.2) is 42.9 Å². The summed E-state index contributed by atoms with van der Waals surface area (Å²) in [5, 5.41) is 0. The largest absolute Gasteiger partial charge is 0.473 e. The molecule has 0 radical (unpaired) electrons. The molecule has 0 unspecified atom stereocenters. The maximum Gasteiger partial charge on any atom is 0.216 e. The van der Waals surface area contributed by atoms with E-state index in [1.54, 1.807) is 0 Å². The van der Waals surface area contributed by atoms with Crippen molar-refractivity contribution >= 4 is 11.8 Å². The van der Waals surface area contributed by atoms with Gasteiger partial charge in [0.1, 0.15) is 25.4 Å². The highest BCUT2D eigenvalue weighted by molar-refractivity contribution is 5.98. The minimum Gasteiger partial charge on any atom is -0.473 e. The van der Waals surface area contributed by atoms with Gasteiger partial charge in [-0.3, -0.25) is 0 Å². The number of aliphatic imine (C=N–C) groups is 2. The fourth-order valence-electron chi connectivity index (χ4n) is 3.98. The summed E-state index contributed by atoms with van der Waals surface area (Å²) in [7, 11) is 0. The summed E-state index contributed by atoms with van der Waals surface area (Å²) in [5.41, 5.74) is 4.43. The summed E-state index contributed by atoms with van der Waals surface area (Å²) in [4.78, 5) is 9.38. The van der Waals surface area contributed by atoms with Gasteiger partial charge in [-0.25, -0.2) is 9.98 Å². The summed E-state index contributed by atoms with van der Waals surface area (Å²) >= 11 is 0. The molecule has 2 aromatic carbocycles. The Balaban J connectivity index is 1.31. The maximum atomic E-state index is 6.10. The van der Waals surface area contributed by atoms with Crippen molar-refractivity contribution in [1.82, 2.24) is 0 Å². The molecule has 0 aliphatic carbocycles. The van der Waals surface area contributed by atoms with Gasteiger partial charge < -0.3 is 18.9 Å². The van der Waals surface area contributed by atoms with Crippen molar-refractivity contribution in [2.45, 2.75) is 45.1 Å². The lowest BCUT2D eigenvalue weighted by Gasteiger charge is -2.16. The standard InChI is InChI=1S/C23H24N2O4/c1-23(2)28-19(11-24-21-17-9-5-3-7-15(17)13-26-21)20(29-23)12-25-22-18-10-6-4-8-16(18)14-27-22/h3-10,19-20H,11-14H2,1-2H3/t19-,20-/m0/s1. The topological polar surface area (TPSA) is 61.6 Å². The molecule has 6 heteroatoms. The average molecular weight is 392 g/mol. The fraction of sp³-hybridized carbons (Fsp3) is 0.391. The third-order valence-corrected chi connectivity index (χ3v) is 5.34. The first kappa shape index (κ1) is 18.3. The van der Waals surface area contributed by atoms with E-state index in [0.717, 1.165) is 22.3 Å². The molecule has 1 fully saturated rings. The molecule has 3 aliphatic rings. The van der Waals surface area contributed by atoms with Crippen LogP contribution < -0.4 is 0 Å². The summed E-state index contributed by atoms with van der Waals surface area (Å²) < 4.78 is 23.7. The van der Waals surface area contributed by atoms with Gasteiger partial charge in [0, 0.05) is 22.3 Å². The molecule has 6 nitrogen and oxygen atoms in total. The monoisotopic (exact) mass is 392 g/mol. The van der Waals surface area contributed by atoms with Gasteiger partial charge in [0.25, 0.3) is 0 Å². The van der Waals surface area contributed by atoms with Gasteiger partial charge in [-0.15, -0.1) is 0 Å². The summed E-state index contributed by atoms with van der Waals surface area (Å²) in [6.45, 7) is 5.89. The van der Waals surface area contributed by atoms with Crippen molar-refractivity contribution in [3.05, 3.63) is 70.8 Å². The van der Waals surface area contributed by atoms with Gasteiger partial charge >= 0.3 is 0 Å². The highest BCUT2D eigenvalue weighted by atomic mass is 16.8. The van der Waals surface area contributed by atoms with Gasteiger partial charge in [0.05, 0.1) is 13.1 Å². The van der Waals surface area contributed by atoms with Crippen molar-refractivity contribution in [1.29, 1.82) is 0 Å². The molecule has 0 bridgehead atoms. The van der Waals surface area contributed by atoms with Crippen LogP contribution in [-0.2, 0) is 32.2 Å². The van der Waals surface area contributed by atoms with Crippen LogP contribution in [0.4, 0.5) is 0 Å². The predicted molar refractivity (Wildman–Crippen MR) is 109 cm³/mol. The molecule has 5 rings (SSSR count). The van der Waals surface area contributed by atoms with Crippen molar-refractivity contribution in [2.75, 3.05) is 13.1 Å². The van der Waals surface area contributed by atoms with E-state index in [1.165, 1.54) is 0 Å². The van der Waals surface area contributed by atoms with Crippen LogP contribution in [0.3, 0.4) is 0 Å². The summed E-state index contributed by atoms with van der Waals surface area (Å²) in [6.07, 6.45) is -0.398. The van der Waals surface area contributed by atoms with E-state index in [9.17, 15) is 0 Å². The molecular formula is C23H24N2O4. The van der Waals surface area contributed by atoms with Crippen molar-refractivity contribution < 1.29 is 18.9 Å². The molecule has 0 saturated carbocycles. The molecule has 2 aromatic rings. The third-order valence-electron chi connectivity index (χ3n) is 5.34. The second-order valence-corrected chi connectivity index (χ2v) is 7.90. The van der Waals surface area contributed by atoms with Crippen LogP contribution in [0.25, 0.3) is 0 Å². The highest BCUT2D eigenvalue weighted by Crippen LogP contribution is 2.30. The van der Waals surface area contributed by atoms with Gasteiger partial charge in [-0.1, -0.05) is 36.4 Å². The molecule has 0 amide bonds. The van der Waals surface area contributed by atoms with Gasteiger partial charge in [0.2, 0.25) is 11.8 Å². The Morgan fingerprint density at radius 1 is 0.759 bits per heavy atom. The number of ether oxygens (including phenoxy) is 4. The zero-order valence-electron chi connectivity index (χ0n) is 16.6. The van der Waals surface area contributed by atoms with Gasteiger partial charge in [-0.05, 0) is 26.0 Å². The predicted octanol–water partition coefficient (Wildman–Crippen LogP) is 3.46. The molecule has 3 aliphatic heterocycles. The number of benzene rings is 2. The van der Waals surface area contributed by atoms with E-state index >= 15 is 0 Å². The minimum atomic E-state index is -0.668. The number of fused-ring (bicyclic) bond motifs is 2. The number of hydrogen-bond acceptors (Lipinski definition) is 6. The Labute approximate surface area is 170 Å². The van der Waals surface area contributed by atoms with Crippen LogP contribution in [0, 0.1) is 0 Å².